The minimum absolute atomic E-state index is 0.151. The minimum atomic E-state index is 0.151. The zero-order valence-electron chi connectivity index (χ0n) is 13.1. The number of benzene rings is 1. The first-order chi connectivity index (χ1) is 10.2. The molecule has 0 spiro atoms. The molecule has 4 nitrogen and oxygen atoms in total. The Labute approximate surface area is 127 Å². The van der Waals surface area contributed by atoms with Gasteiger partial charge in [-0.15, -0.1) is 0 Å². The molecule has 118 valence electrons. The first-order valence-electron chi connectivity index (χ1n) is 7.90. The smallest absolute Gasteiger partial charge is 0.164 e. The van der Waals surface area contributed by atoms with Crippen molar-refractivity contribution in [3.63, 3.8) is 0 Å². The Bertz CT molecular complexity index is 430. The average molecular weight is 293 g/mol. The third kappa shape index (κ3) is 4.61. The molecule has 0 aromatic heterocycles. The van der Waals surface area contributed by atoms with Crippen LogP contribution in [0.2, 0.25) is 0 Å². The molecule has 21 heavy (non-hydrogen) atoms. The molecule has 1 saturated heterocycles. The molecule has 0 radical (unpaired) electrons. The molecular weight excluding hydrogens is 266 g/mol. The van der Waals surface area contributed by atoms with Gasteiger partial charge in [0.2, 0.25) is 0 Å². The van der Waals surface area contributed by atoms with Gasteiger partial charge >= 0.3 is 0 Å². The Morgan fingerprint density at radius 3 is 2.95 bits per heavy atom. The van der Waals surface area contributed by atoms with Gasteiger partial charge in [-0.2, -0.15) is 0 Å². The zero-order valence-corrected chi connectivity index (χ0v) is 13.1. The van der Waals surface area contributed by atoms with Crippen molar-refractivity contribution < 1.29 is 14.2 Å². The summed E-state index contributed by atoms with van der Waals surface area (Å²) in [4.78, 5) is 0. The Balaban J connectivity index is 2.00. The molecule has 1 heterocycles. The predicted molar refractivity (Wildman–Crippen MR) is 84.1 cm³/mol. The fourth-order valence-corrected chi connectivity index (χ4v) is 2.64. The molecular formula is C17H27NO3. The highest BCUT2D eigenvalue weighted by Gasteiger charge is 2.17. The van der Waals surface area contributed by atoms with E-state index in [1.54, 1.807) is 7.11 Å². The summed E-state index contributed by atoms with van der Waals surface area (Å²) in [6.45, 7) is 3.64. The van der Waals surface area contributed by atoms with Crippen LogP contribution in [-0.2, 0) is 11.2 Å². The molecule has 0 saturated carbocycles. The molecule has 2 unspecified atom stereocenters. The minimum Gasteiger partial charge on any atom is -0.493 e. The molecule has 1 aromatic carbocycles. The molecule has 2 rings (SSSR count). The van der Waals surface area contributed by atoms with Gasteiger partial charge in [-0.1, -0.05) is 19.1 Å². The Morgan fingerprint density at radius 1 is 1.43 bits per heavy atom. The number of ether oxygens (including phenoxy) is 3. The lowest BCUT2D eigenvalue weighted by Gasteiger charge is -2.18. The van der Waals surface area contributed by atoms with E-state index in [-0.39, 0.29) is 6.04 Å². The maximum atomic E-state index is 6.08. The first-order valence-corrected chi connectivity index (χ1v) is 7.90. The third-order valence-electron chi connectivity index (χ3n) is 4.00. The number of hydrogen-bond acceptors (Lipinski definition) is 4. The molecule has 4 heteroatoms. The van der Waals surface area contributed by atoms with E-state index >= 15 is 0 Å². The standard InChI is InChI=1S/C17H27NO3/c1-3-14(18)12-13-6-4-8-16(19-2)17(13)21-11-9-15-7-5-10-20-15/h4,6,8,14-15H,3,5,7,9-12,18H2,1-2H3. The van der Waals surface area contributed by atoms with E-state index < -0.39 is 0 Å². The van der Waals surface area contributed by atoms with Gasteiger partial charge in [0, 0.05) is 19.1 Å². The van der Waals surface area contributed by atoms with Crippen LogP contribution in [0.25, 0.3) is 0 Å². The molecule has 1 aliphatic heterocycles. The summed E-state index contributed by atoms with van der Waals surface area (Å²) in [6.07, 6.45) is 5.34. The van der Waals surface area contributed by atoms with Crippen molar-refractivity contribution >= 4 is 0 Å². The maximum Gasteiger partial charge on any atom is 0.164 e. The van der Waals surface area contributed by atoms with Crippen LogP contribution in [0.4, 0.5) is 0 Å². The molecule has 2 N–H and O–H groups in total. The van der Waals surface area contributed by atoms with Crippen molar-refractivity contribution in [3.05, 3.63) is 23.8 Å². The summed E-state index contributed by atoms with van der Waals surface area (Å²) in [5, 5.41) is 0. The molecule has 1 fully saturated rings. The second-order valence-electron chi connectivity index (χ2n) is 5.59. The fourth-order valence-electron chi connectivity index (χ4n) is 2.64. The summed E-state index contributed by atoms with van der Waals surface area (Å²) < 4.78 is 17.1. The summed E-state index contributed by atoms with van der Waals surface area (Å²) in [7, 11) is 1.67. The predicted octanol–water partition coefficient (Wildman–Crippen LogP) is 2.92. The van der Waals surface area contributed by atoms with Gasteiger partial charge in [-0.05, 0) is 37.3 Å². The topological polar surface area (TPSA) is 53.7 Å². The van der Waals surface area contributed by atoms with E-state index in [1.807, 2.05) is 12.1 Å². The molecule has 0 amide bonds. The van der Waals surface area contributed by atoms with Crippen LogP contribution >= 0.6 is 0 Å². The normalized spacial score (nSPS) is 19.5. The van der Waals surface area contributed by atoms with Gasteiger partial charge in [0.25, 0.3) is 0 Å². The van der Waals surface area contributed by atoms with E-state index in [2.05, 4.69) is 13.0 Å². The quantitative estimate of drug-likeness (QED) is 0.800. The number of para-hydroxylation sites is 1. The van der Waals surface area contributed by atoms with Gasteiger partial charge in [0.15, 0.2) is 11.5 Å². The lowest BCUT2D eigenvalue weighted by molar-refractivity contribution is 0.0897. The van der Waals surface area contributed by atoms with Crippen LogP contribution in [0, 0.1) is 0 Å². The Hall–Kier alpha value is -1.26. The summed E-state index contributed by atoms with van der Waals surface area (Å²) >= 11 is 0. The Kier molecular flexibility index (Phi) is 6.33. The van der Waals surface area contributed by atoms with Crippen molar-refractivity contribution in [3.8, 4) is 11.5 Å². The van der Waals surface area contributed by atoms with Gasteiger partial charge in [0.1, 0.15) is 0 Å². The highest BCUT2D eigenvalue weighted by molar-refractivity contribution is 5.47. The molecule has 1 aromatic rings. The SMILES string of the molecule is CCC(N)Cc1cccc(OC)c1OCCC1CCCO1. The third-order valence-corrected chi connectivity index (χ3v) is 4.00. The molecule has 0 bridgehead atoms. The Morgan fingerprint density at radius 2 is 2.29 bits per heavy atom. The van der Waals surface area contributed by atoms with Crippen LogP contribution in [0.15, 0.2) is 18.2 Å². The first kappa shape index (κ1) is 16.1. The van der Waals surface area contributed by atoms with Crippen molar-refractivity contribution in [1.29, 1.82) is 0 Å². The summed E-state index contributed by atoms with van der Waals surface area (Å²) in [6, 6.07) is 6.14. The van der Waals surface area contributed by atoms with E-state index in [1.165, 1.54) is 0 Å². The summed E-state index contributed by atoms with van der Waals surface area (Å²) in [5.74, 6) is 1.62. The average Bonchev–Trinajstić information content (AvgIpc) is 3.01. The van der Waals surface area contributed by atoms with Crippen LogP contribution in [0.1, 0.15) is 38.2 Å². The van der Waals surface area contributed by atoms with Gasteiger partial charge in [-0.25, -0.2) is 0 Å². The van der Waals surface area contributed by atoms with E-state index in [4.69, 9.17) is 19.9 Å². The largest absolute Gasteiger partial charge is 0.493 e. The van der Waals surface area contributed by atoms with Gasteiger partial charge in [0.05, 0.1) is 19.8 Å². The molecule has 0 aliphatic carbocycles. The van der Waals surface area contributed by atoms with Crippen LogP contribution < -0.4 is 15.2 Å². The highest BCUT2D eigenvalue weighted by Crippen LogP contribution is 2.32. The zero-order chi connectivity index (χ0) is 15.1. The van der Waals surface area contributed by atoms with Crippen molar-refractivity contribution in [1.82, 2.24) is 0 Å². The van der Waals surface area contributed by atoms with Crippen LogP contribution in [0.5, 0.6) is 11.5 Å². The maximum absolute atomic E-state index is 6.08. The van der Waals surface area contributed by atoms with E-state index in [0.29, 0.717) is 12.7 Å². The van der Waals surface area contributed by atoms with Crippen molar-refractivity contribution in [2.75, 3.05) is 20.3 Å². The monoisotopic (exact) mass is 293 g/mol. The fraction of sp³-hybridized carbons (Fsp3) is 0.647. The number of methoxy groups -OCH3 is 1. The van der Waals surface area contributed by atoms with Crippen LogP contribution in [-0.4, -0.2) is 32.5 Å². The summed E-state index contributed by atoms with van der Waals surface area (Å²) in [5.41, 5.74) is 7.20. The van der Waals surface area contributed by atoms with Gasteiger partial charge in [-0.3, -0.25) is 0 Å². The lowest BCUT2D eigenvalue weighted by atomic mass is 10.0. The number of nitrogens with two attached hydrogens (primary N) is 1. The molecule has 1 aliphatic rings. The second-order valence-corrected chi connectivity index (χ2v) is 5.59. The van der Waals surface area contributed by atoms with E-state index in [9.17, 15) is 0 Å². The number of hydrogen-bond donors (Lipinski definition) is 1. The van der Waals surface area contributed by atoms with Gasteiger partial charge < -0.3 is 19.9 Å². The number of rotatable bonds is 8. The van der Waals surface area contributed by atoms with E-state index in [0.717, 1.165) is 55.8 Å². The van der Waals surface area contributed by atoms with Crippen molar-refractivity contribution in [2.45, 2.75) is 51.2 Å². The lowest BCUT2D eigenvalue weighted by Crippen LogP contribution is -2.22. The molecule has 2 atom stereocenters. The highest BCUT2D eigenvalue weighted by atomic mass is 16.5. The second kappa shape index (κ2) is 8.25. The van der Waals surface area contributed by atoms with Crippen molar-refractivity contribution in [2.24, 2.45) is 5.73 Å². The van der Waals surface area contributed by atoms with Crippen LogP contribution in [0.3, 0.4) is 0 Å².